The third-order valence-corrected chi connectivity index (χ3v) is 3.90. The van der Waals surface area contributed by atoms with Crippen LogP contribution < -0.4 is 5.32 Å². The van der Waals surface area contributed by atoms with Crippen LogP contribution in [0.5, 0.6) is 0 Å². The number of halogens is 2. The molecule has 0 aliphatic carbocycles. The Balaban J connectivity index is 2.25. The highest BCUT2D eigenvalue weighted by Crippen LogP contribution is 2.41. The van der Waals surface area contributed by atoms with Crippen LogP contribution in [0.3, 0.4) is 0 Å². The van der Waals surface area contributed by atoms with Crippen molar-refractivity contribution in [2.75, 3.05) is 13.1 Å². The Morgan fingerprint density at radius 2 is 2.29 bits per heavy atom. The van der Waals surface area contributed by atoms with Crippen LogP contribution in [0.15, 0.2) is 11.4 Å². The van der Waals surface area contributed by atoms with Gasteiger partial charge in [-0.25, -0.2) is 4.39 Å². The quantitative estimate of drug-likeness (QED) is 0.785. The molecule has 1 N–H and O–H groups in total. The van der Waals surface area contributed by atoms with Crippen molar-refractivity contribution in [3.8, 4) is 0 Å². The fourth-order valence-electron chi connectivity index (χ4n) is 1.92. The second-order valence-corrected chi connectivity index (χ2v) is 5.20. The van der Waals surface area contributed by atoms with E-state index in [0.29, 0.717) is 22.7 Å². The van der Waals surface area contributed by atoms with Gasteiger partial charge >= 0.3 is 0 Å². The second-order valence-electron chi connectivity index (χ2n) is 3.68. The molecule has 0 radical (unpaired) electrons. The van der Waals surface area contributed by atoms with Crippen molar-refractivity contribution in [3.63, 3.8) is 0 Å². The summed E-state index contributed by atoms with van der Waals surface area (Å²) < 4.78 is 15.1. The molecule has 1 unspecified atom stereocenters. The van der Waals surface area contributed by atoms with E-state index in [2.05, 4.69) is 5.32 Å². The Morgan fingerprint density at radius 3 is 3.00 bits per heavy atom. The summed E-state index contributed by atoms with van der Waals surface area (Å²) in [4.78, 5) is 0. The number of thiophene rings is 1. The van der Waals surface area contributed by atoms with E-state index < -0.39 is 5.67 Å². The molecule has 1 nitrogen and oxygen atoms in total. The SMILES string of the molecule is FC1(c2ccsc2Cl)CCCNCC1. The lowest BCUT2D eigenvalue weighted by molar-refractivity contribution is 0.145. The van der Waals surface area contributed by atoms with Crippen molar-refractivity contribution in [2.45, 2.75) is 24.9 Å². The first-order valence-corrected chi connectivity index (χ1v) is 6.11. The van der Waals surface area contributed by atoms with Crippen molar-refractivity contribution in [3.05, 3.63) is 21.3 Å². The fraction of sp³-hybridized carbons (Fsp3) is 0.600. The smallest absolute Gasteiger partial charge is 0.139 e. The van der Waals surface area contributed by atoms with E-state index in [1.165, 1.54) is 11.3 Å². The lowest BCUT2D eigenvalue weighted by Gasteiger charge is -2.22. The van der Waals surface area contributed by atoms with Gasteiger partial charge in [0.25, 0.3) is 0 Å². The van der Waals surface area contributed by atoms with Crippen molar-refractivity contribution < 1.29 is 4.39 Å². The molecule has 0 aromatic carbocycles. The van der Waals surface area contributed by atoms with E-state index in [1.54, 1.807) is 0 Å². The van der Waals surface area contributed by atoms with Crippen molar-refractivity contribution in [2.24, 2.45) is 0 Å². The van der Waals surface area contributed by atoms with Gasteiger partial charge in [-0.2, -0.15) is 0 Å². The Morgan fingerprint density at radius 1 is 1.43 bits per heavy atom. The zero-order chi connectivity index (χ0) is 10.0. The largest absolute Gasteiger partial charge is 0.317 e. The monoisotopic (exact) mass is 233 g/mol. The van der Waals surface area contributed by atoms with Gasteiger partial charge in [0.15, 0.2) is 0 Å². The molecular formula is C10H13ClFNS. The van der Waals surface area contributed by atoms with Crippen molar-refractivity contribution >= 4 is 22.9 Å². The average Bonchev–Trinajstić information content (AvgIpc) is 2.46. The summed E-state index contributed by atoms with van der Waals surface area (Å²) in [6.07, 6.45) is 1.99. The van der Waals surface area contributed by atoms with E-state index in [-0.39, 0.29) is 0 Å². The summed E-state index contributed by atoms with van der Waals surface area (Å²) in [5.41, 5.74) is -0.520. The Hall–Kier alpha value is -0.120. The number of hydrogen-bond donors (Lipinski definition) is 1. The first-order chi connectivity index (χ1) is 6.72. The third-order valence-electron chi connectivity index (χ3n) is 2.73. The van der Waals surface area contributed by atoms with Gasteiger partial charge in [-0.05, 0) is 43.8 Å². The van der Waals surface area contributed by atoms with Crippen LogP contribution in [0, 0.1) is 0 Å². The van der Waals surface area contributed by atoms with Gasteiger partial charge in [-0.1, -0.05) is 11.6 Å². The maximum atomic E-state index is 14.5. The van der Waals surface area contributed by atoms with E-state index in [9.17, 15) is 4.39 Å². The molecule has 1 aromatic heterocycles. The van der Waals surface area contributed by atoms with E-state index >= 15 is 0 Å². The average molecular weight is 234 g/mol. The number of nitrogens with one attached hydrogen (secondary N) is 1. The normalized spacial score (nSPS) is 28.7. The highest BCUT2D eigenvalue weighted by Gasteiger charge is 2.34. The molecule has 0 bridgehead atoms. The summed E-state index contributed by atoms with van der Waals surface area (Å²) in [6.45, 7) is 1.65. The molecule has 1 fully saturated rings. The van der Waals surface area contributed by atoms with E-state index in [4.69, 9.17) is 11.6 Å². The van der Waals surface area contributed by atoms with Gasteiger partial charge in [-0.3, -0.25) is 0 Å². The zero-order valence-corrected chi connectivity index (χ0v) is 9.43. The first-order valence-electron chi connectivity index (χ1n) is 4.85. The third kappa shape index (κ3) is 1.95. The zero-order valence-electron chi connectivity index (χ0n) is 7.85. The highest BCUT2D eigenvalue weighted by molar-refractivity contribution is 7.14. The van der Waals surface area contributed by atoms with Crippen LogP contribution in [-0.2, 0) is 5.67 Å². The predicted molar refractivity (Wildman–Crippen MR) is 58.8 cm³/mol. The Kier molecular flexibility index (Phi) is 3.10. The number of rotatable bonds is 1. The lowest BCUT2D eigenvalue weighted by Crippen LogP contribution is -2.22. The van der Waals surface area contributed by atoms with Gasteiger partial charge < -0.3 is 5.32 Å². The predicted octanol–water partition coefficient (Wildman–Crippen LogP) is 3.34. The van der Waals surface area contributed by atoms with Crippen LogP contribution in [0.25, 0.3) is 0 Å². The molecule has 1 atom stereocenters. The lowest BCUT2D eigenvalue weighted by atomic mass is 9.91. The summed E-state index contributed by atoms with van der Waals surface area (Å²) in [5, 5.41) is 5.06. The molecule has 78 valence electrons. The molecule has 1 aliphatic rings. The Bertz CT molecular complexity index is 305. The minimum absolute atomic E-state index is 0.531. The Labute approximate surface area is 92.3 Å². The van der Waals surface area contributed by atoms with Gasteiger partial charge in [0.2, 0.25) is 0 Å². The first kappa shape index (κ1) is 10.4. The minimum atomic E-state index is -1.21. The summed E-state index contributed by atoms with van der Waals surface area (Å²) in [7, 11) is 0. The highest BCUT2D eigenvalue weighted by atomic mass is 35.5. The maximum Gasteiger partial charge on any atom is 0.139 e. The van der Waals surface area contributed by atoms with Crippen LogP contribution in [0.4, 0.5) is 4.39 Å². The van der Waals surface area contributed by atoms with Gasteiger partial charge in [-0.15, -0.1) is 11.3 Å². The van der Waals surface area contributed by atoms with Crippen LogP contribution in [-0.4, -0.2) is 13.1 Å². The molecular weight excluding hydrogens is 221 g/mol. The molecule has 0 spiro atoms. The number of hydrogen-bond acceptors (Lipinski definition) is 2. The summed E-state index contributed by atoms with van der Waals surface area (Å²) in [5.74, 6) is 0. The van der Waals surface area contributed by atoms with Gasteiger partial charge in [0.1, 0.15) is 5.67 Å². The van der Waals surface area contributed by atoms with Crippen molar-refractivity contribution in [1.29, 1.82) is 0 Å². The summed E-state index contributed by atoms with van der Waals surface area (Å²) >= 11 is 7.38. The second kappa shape index (κ2) is 4.17. The van der Waals surface area contributed by atoms with Crippen LogP contribution >= 0.6 is 22.9 Å². The minimum Gasteiger partial charge on any atom is -0.317 e. The molecule has 1 aromatic rings. The van der Waals surface area contributed by atoms with Crippen LogP contribution in [0.2, 0.25) is 4.34 Å². The molecule has 0 saturated carbocycles. The van der Waals surface area contributed by atoms with Crippen LogP contribution in [0.1, 0.15) is 24.8 Å². The fourth-order valence-corrected chi connectivity index (χ4v) is 3.00. The standard InChI is InChI=1S/C10H13ClFNS/c11-9-8(2-7-14-9)10(12)3-1-5-13-6-4-10/h2,7,13H,1,3-6H2. The van der Waals surface area contributed by atoms with Gasteiger partial charge in [0, 0.05) is 5.56 Å². The number of alkyl halides is 1. The van der Waals surface area contributed by atoms with E-state index in [1.807, 2.05) is 11.4 Å². The molecule has 14 heavy (non-hydrogen) atoms. The molecule has 0 amide bonds. The molecule has 2 heterocycles. The summed E-state index contributed by atoms with van der Waals surface area (Å²) in [6, 6.07) is 1.82. The molecule has 1 saturated heterocycles. The molecule has 1 aliphatic heterocycles. The van der Waals surface area contributed by atoms with Gasteiger partial charge in [0.05, 0.1) is 4.34 Å². The topological polar surface area (TPSA) is 12.0 Å². The maximum absolute atomic E-state index is 14.5. The van der Waals surface area contributed by atoms with E-state index in [0.717, 1.165) is 19.5 Å². The van der Waals surface area contributed by atoms with Crippen molar-refractivity contribution in [1.82, 2.24) is 5.32 Å². The molecule has 2 rings (SSSR count). The molecule has 4 heteroatoms.